The van der Waals surface area contributed by atoms with Crippen molar-refractivity contribution in [1.29, 1.82) is 0 Å². The molecule has 0 saturated carbocycles. The Morgan fingerprint density at radius 2 is 1.93 bits per heavy atom. The van der Waals surface area contributed by atoms with E-state index in [1.165, 1.54) is 12.0 Å². The molecule has 0 aliphatic carbocycles. The fourth-order valence-corrected chi connectivity index (χ4v) is 1.57. The van der Waals surface area contributed by atoms with Gasteiger partial charge in [0.2, 0.25) is 0 Å². The number of rotatable bonds is 0. The highest BCUT2D eigenvalue weighted by molar-refractivity contribution is 5.33. The van der Waals surface area contributed by atoms with Crippen molar-refractivity contribution in [3.05, 3.63) is 29.8 Å². The molecule has 1 aromatic carbocycles. The number of hydrogen-bond acceptors (Lipinski definition) is 1. The minimum Gasteiger partial charge on any atom is -0.493 e. The highest BCUT2D eigenvalue weighted by Gasteiger charge is 2.12. The molecule has 0 amide bonds. The van der Waals surface area contributed by atoms with Gasteiger partial charge in [0.15, 0.2) is 0 Å². The Labute approximate surface area is 87.1 Å². The third-order valence-corrected chi connectivity index (χ3v) is 2.40. The maximum Gasteiger partial charge on any atom is 0.122 e. The summed E-state index contributed by atoms with van der Waals surface area (Å²) >= 11 is 0. The SMILES string of the molecule is CC.CC1CCc2ccccc2OC1. The minimum atomic E-state index is 0.692. The molecule has 1 atom stereocenters. The predicted molar refractivity (Wildman–Crippen MR) is 60.8 cm³/mol. The second-order valence-electron chi connectivity index (χ2n) is 3.56. The van der Waals surface area contributed by atoms with Crippen molar-refractivity contribution in [2.75, 3.05) is 6.61 Å². The van der Waals surface area contributed by atoms with Gasteiger partial charge in [0.25, 0.3) is 0 Å². The van der Waals surface area contributed by atoms with E-state index in [2.05, 4.69) is 25.1 Å². The van der Waals surface area contributed by atoms with Crippen LogP contribution in [0.25, 0.3) is 0 Å². The summed E-state index contributed by atoms with van der Waals surface area (Å²) in [5.74, 6) is 1.78. The topological polar surface area (TPSA) is 9.23 Å². The monoisotopic (exact) mass is 192 g/mol. The molecule has 1 nitrogen and oxygen atoms in total. The summed E-state index contributed by atoms with van der Waals surface area (Å²) in [7, 11) is 0. The molecular weight excluding hydrogens is 172 g/mol. The van der Waals surface area contributed by atoms with Crippen LogP contribution in [0.15, 0.2) is 24.3 Å². The first-order chi connectivity index (χ1) is 6.86. The second kappa shape index (κ2) is 5.69. The molecule has 1 aliphatic heterocycles. The van der Waals surface area contributed by atoms with Gasteiger partial charge in [-0.1, -0.05) is 39.0 Å². The third kappa shape index (κ3) is 2.76. The average molecular weight is 192 g/mol. The smallest absolute Gasteiger partial charge is 0.122 e. The van der Waals surface area contributed by atoms with Crippen LogP contribution in [-0.2, 0) is 6.42 Å². The minimum absolute atomic E-state index is 0.692. The maximum atomic E-state index is 5.66. The molecule has 0 radical (unpaired) electrons. The van der Waals surface area contributed by atoms with Crippen LogP contribution in [0.4, 0.5) is 0 Å². The standard InChI is InChI=1S/C11H14O.C2H6/c1-9-6-7-10-4-2-3-5-11(10)12-8-9;1-2/h2-5,9H,6-8H2,1H3;1-2H3. The molecule has 1 unspecified atom stereocenters. The average Bonchev–Trinajstić information content (AvgIpc) is 2.45. The maximum absolute atomic E-state index is 5.66. The molecule has 2 rings (SSSR count). The van der Waals surface area contributed by atoms with Gasteiger partial charge in [0, 0.05) is 0 Å². The lowest BCUT2D eigenvalue weighted by molar-refractivity contribution is 0.265. The normalized spacial score (nSPS) is 19.5. The van der Waals surface area contributed by atoms with Crippen molar-refractivity contribution in [2.45, 2.75) is 33.6 Å². The Morgan fingerprint density at radius 1 is 1.21 bits per heavy atom. The van der Waals surface area contributed by atoms with Gasteiger partial charge in [-0.05, 0) is 30.4 Å². The third-order valence-electron chi connectivity index (χ3n) is 2.40. The number of fused-ring (bicyclic) bond motifs is 1. The summed E-state index contributed by atoms with van der Waals surface area (Å²) < 4.78 is 5.66. The molecule has 1 aliphatic rings. The van der Waals surface area contributed by atoms with Crippen molar-refractivity contribution in [3.63, 3.8) is 0 Å². The second-order valence-corrected chi connectivity index (χ2v) is 3.56. The van der Waals surface area contributed by atoms with Crippen molar-refractivity contribution in [3.8, 4) is 5.75 Å². The van der Waals surface area contributed by atoms with E-state index in [9.17, 15) is 0 Å². The van der Waals surface area contributed by atoms with E-state index in [1.54, 1.807) is 0 Å². The highest BCUT2D eigenvalue weighted by atomic mass is 16.5. The summed E-state index contributed by atoms with van der Waals surface area (Å²) in [5.41, 5.74) is 1.36. The summed E-state index contributed by atoms with van der Waals surface area (Å²) in [5, 5.41) is 0. The van der Waals surface area contributed by atoms with E-state index in [1.807, 2.05) is 19.9 Å². The van der Waals surface area contributed by atoms with Gasteiger partial charge in [-0.15, -0.1) is 0 Å². The number of benzene rings is 1. The van der Waals surface area contributed by atoms with Crippen LogP contribution in [0.3, 0.4) is 0 Å². The molecule has 0 spiro atoms. The van der Waals surface area contributed by atoms with E-state index in [4.69, 9.17) is 4.74 Å². The Bertz CT molecular complexity index is 241. The lowest BCUT2D eigenvalue weighted by Crippen LogP contribution is -2.05. The summed E-state index contributed by atoms with van der Waals surface area (Å²) in [6.45, 7) is 7.11. The largest absolute Gasteiger partial charge is 0.493 e. The van der Waals surface area contributed by atoms with E-state index >= 15 is 0 Å². The van der Waals surface area contributed by atoms with Crippen LogP contribution < -0.4 is 4.74 Å². The molecule has 0 N–H and O–H groups in total. The first-order valence-corrected chi connectivity index (χ1v) is 5.57. The van der Waals surface area contributed by atoms with Crippen LogP contribution in [0.2, 0.25) is 0 Å². The van der Waals surface area contributed by atoms with Crippen LogP contribution in [0.1, 0.15) is 32.8 Å². The first kappa shape index (κ1) is 11.1. The van der Waals surface area contributed by atoms with Crippen LogP contribution in [-0.4, -0.2) is 6.61 Å². The van der Waals surface area contributed by atoms with E-state index in [0.717, 1.165) is 18.8 Å². The Kier molecular flexibility index (Phi) is 4.51. The van der Waals surface area contributed by atoms with Crippen LogP contribution >= 0.6 is 0 Å². The van der Waals surface area contributed by atoms with Gasteiger partial charge in [-0.2, -0.15) is 0 Å². The molecule has 0 fully saturated rings. The summed E-state index contributed by atoms with van der Waals surface area (Å²) in [4.78, 5) is 0. The zero-order valence-electron chi connectivity index (χ0n) is 9.42. The fourth-order valence-electron chi connectivity index (χ4n) is 1.57. The van der Waals surface area contributed by atoms with Crippen molar-refractivity contribution in [2.24, 2.45) is 5.92 Å². The van der Waals surface area contributed by atoms with E-state index in [-0.39, 0.29) is 0 Å². The lowest BCUT2D eigenvalue weighted by Gasteiger charge is -2.06. The molecule has 14 heavy (non-hydrogen) atoms. The van der Waals surface area contributed by atoms with Crippen LogP contribution in [0, 0.1) is 5.92 Å². The number of hydrogen-bond donors (Lipinski definition) is 0. The van der Waals surface area contributed by atoms with Crippen molar-refractivity contribution in [1.82, 2.24) is 0 Å². The lowest BCUT2D eigenvalue weighted by atomic mass is 10.0. The molecule has 1 heterocycles. The van der Waals surface area contributed by atoms with Gasteiger partial charge in [-0.25, -0.2) is 0 Å². The zero-order valence-corrected chi connectivity index (χ0v) is 9.42. The predicted octanol–water partition coefficient (Wildman–Crippen LogP) is 3.67. The number of ether oxygens (including phenoxy) is 1. The van der Waals surface area contributed by atoms with Crippen molar-refractivity contribution < 1.29 is 4.74 Å². The summed E-state index contributed by atoms with van der Waals surface area (Å²) in [6, 6.07) is 8.34. The fraction of sp³-hybridized carbons (Fsp3) is 0.538. The quantitative estimate of drug-likeness (QED) is 0.609. The van der Waals surface area contributed by atoms with Crippen LogP contribution in [0.5, 0.6) is 5.75 Å². The number of para-hydroxylation sites is 1. The zero-order chi connectivity index (χ0) is 10.4. The van der Waals surface area contributed by atoms with Gasteiger partial charge < -0.3 is 4.74 Å². The van der Waals surface area contributed by atoms with Gasteiger partial charge >= 0.3 is 0 Å². The molecule has 0 saturated heterocycles. The Hall–Kier alpha value is -0.980. The first-order valence-electron chi connectivity index (χ1n) is 5.57. The van der Waals surface area contributed by atoms with E-state index < -0.39 is 0 Å². The van der Waals surface area contributed by atoms with Crippen molar-refractivity contribution >= 4 is 0 Å². The van der Waals surface area contributed by atoms with Gasteiger partial charge in [0.05, 0.1) is 6.61 Å². The summed E-state index contributed by atoms with van der Waals surface area (Å²) in [6.07, 6.45) is 2.41. The highest BCUT2D eigenvalue weighted by Crippen LogP contribution is 2.25. The van der Waals surface area contributed by atoms with Gasteiger partial charge in [0.1, 0.15) is 5.75 Å². The molecule has 1 heteroatoms. The molecular formula is C13H20O. The van der Waals surface area contributed by atoms with E-state index in [0.29, 0.717) is 5.92 Å². The number of aryl methyl sites for hydroxylation is 1. The molecule has 0 aromatic heterocycles. The van der Waals surface area contributed by atoms with Gasteiger partial charge in [-0.3, -0.25) is 0 Å². The Morgan fingerprint density at radius 3 is 2.71 bits per heavy atom. The Balaban J connectivity index is 0.000000461. The molecule has 78 valence electrons. The molecule has 0 bridgehead atoms. The molecule has 1 aromatic rings.